The van der Waals surface area contributed by atoms with Gasteiger partial charge >= 0.3 is 180 Å². The molecule has 2 aromatic carbocycles. The quantitative estimate of drug-likeness (QED) is 0.0316. The van der Waals surface area contributed by atoms with Crippen LogP contribution in [-0.4, -0.2) is 134 Å². The standard InChI is InChI=1S/C56H97N2O9P/c1-13-30-47(57(11)12)50(60)54(63)67-52-42(6)37-43(7)53(62)66-48(14-2)56(10,65)51(61)44(8)58(39-41(5)38-55(52,9)64)49(59)35-28-20-18-16-15-17-19-21-29-36-68(40(3)4,45-31-24-22-25-32-45)46-33-26-23-27-34-46/h22-27,31-34,40-44,47-48,50-52,54,60-61,63-65,68H,13-21,28-30,35-39H2,1-12H3/t41-,42+,43-,44-,47+,48-,50-,51-,52-,54+,55-,56-/m1/s1. The predicted molar refractivity (Wildman–Crippen MR) is 281 cm³/mol. The van der Waals surface area contributed by atoms with Crippen LogP contribution in [0.3, 0.4) is 0 Å². The maximum Gasteiger partial charge on any atom is 0.0887 e. The SMILES string of the molecule is CCC[C@@H]([C@@H](O)[C@@H](O)O[C@@H]1[C@@H](C)C[C@@H](C)C(=O)O[C@H](CC)[C@@](C)(O)[C@H](O)[C@@H](C)N(C(=O)CCCCCCCCCCC[PH](c2ccccc2)(c2ccccc2)C(C)C)C[C@H](C)C[C@@]1(C)O)N(C)C. The van der Waals surface area contributed by atoms with Gasteiger partial charge in [-0.05, 0) is 72.4 Å². The molecule has 1 aliphatic heterocycles. The first-order valence-electron chi connectivity index (χ1n) is 26.5. The molecule has 0 saturated carbocycles. The number of aliphatic hydroxyl groups excluding tert-OH is 3. The average molecular weight is 973 g/mol. The number of rotatable bonds is 23. The Labute approximate surface area is 413 Å². The van der Waals surface area contributed by atoms with Crippen LogP contribution in [0.15, 0.2) is 60.7 Å². The van der Waals surface area contributed by atoms with Crippen molar-refractivity contribution in [1.82, 2.24) is 9.80 Å². The molecule has 1 heterocycles. The Morgan fingerprint density at radius 3 is 1.85 bits per heavy atom. The number of hydrogen-bond donors (Lipinski definition) is 5. The summed E-state index contributed by atoms with van der Waals surface area (Å²) in [7, 11) is 1.74. The number of ether oxygens (including phenoxy) is 2. The second-order valence-electron chi connectivity index (χ2n) is 21.9. The first-order chi connectivity index (χ1) is 32.1. The van der Waals surface area contributed by atoms with E-state index in [4.69, 9.17) is 9.47 Å². The number of likely N-dealkylation sites (N-methyl/N-ethyl adjacent to an activating group) is 1. The molecular formula is C56H97N2O9P. The van der Waals surface area contributed by atoms with Crippen LogP contribution >= 0.6 is 7.26 Å². The smallest absolute Gasteiger partial charge is 0.0887 e. The number of unbranched alkanes of at least 4 members (excludes halogenated alkanes) is 8. The van der Waals surface area contributed by atoms with E-state index in [0.29, 0.717) is 18.5 Å². The minimum Gasteiger partial charge on any atom is -0.387 e. The van der Waals surface area contributed by atoms with Crippen molar-refractivity contribution in [3.05, 3.63) is 60.7 Å². The number of hydrogen-bond acceptors (Lipinski definition) is 10. The van der Waals surface area contributed by atoms with Crippen molar-refractivity contribution in [3.8, 4) is 0 Å². The zero-order chi connectivity index (χ0) is 50.8. The molecule has 0 unspecified atom stereocenters. The van der Waals surface area contributed by atoms with Crippen molar-refractivity contribution in [3.63, 3.8) is 0 Å². The summed E-state index contributed by atoms with van der Waals surface area (Å²) in [5.41, 5.74) is -2.85. The molecule has 0 aromatic heterocycles. The Morgan fingerprint density at radius 1 is 0.853 bits per heavy atom. The molecule has 12 atom stereocenters. The van der Waals surface area contributed by atoms with Crippen molar-refractivity contribution >= 4 is 29.7 Å². The molecule has 0 bridgehead atoms. The van der Waals surface area contributed by atoms with E-state index >= 15 is 0 Å². The summed E-state index contributed by atoms with van der Waals surface area (Å²) in [4.78, 5) is 31.4. The van der Waals surface area contributed by atoms with Crippen LogP contribution < -0.4 is 10.6 Å². The molecule has 1 aliphatic rings. The van der Waals surface area contributed by atoms with Gasteiger partial charge in [-0.2, -0.15) is 0 Å². The predicted octanol–water partition coefficient (Wildman–Crippen LogP) is 8.60. The minimum absolute atomic E-state index is 0.150. The second kappa shape index (κ2) is 28.5. The molecule has 68 heavy (non-hydrogen) atoms. The summed E-state index contributed by atoms with van der Waals surface area (Å²) >= 11 is 0. The van der Waals surface area contributed by atoms with Crippen LogP contribution in [0.2, 0.25) is 0 Å². The molecule has 5 N–H and O–H groups in total. The van der Waals surface area contributed by atoms with Crippen molar-refractivity contribution < 1.29 is 44.6 Å². The molecule has 0 aliphatic carbocycles. The first-order valence-corrected chi connectivity index (χ1v) is 28.8. The third-order valence-corrected chi connectivity index (χ3v) is 21.3. The summed E-state index contributed by atoms with van der Waals surface area (Å²) in [5.74, 6) is -2.22. The van der Waals surface area contributed by atoms with Gasteiger partial charge in [-0.25, -0.2) is 0 Å². The zero-order valence-corrected chi connectivity index (χ0v) is 45.4. The monoisotopic (exact) mass is 973 g/mol. The maximum atomic E-state index is 14.2. The number of nitrogens with zero attached hydrogens (tertiary/aromatic N) is 2. The number of benzene rings is 2. The van der Waals surface area contributed by atoms with Gasteiger partial charge in [-0.1, -0.05) is 41.0 Å². The van der Waals surface area contributed by atoms with Crippen molar-refractivity contribution in [2.45, 2.75) is 225 Å². The van der Waals surface area contributed by atoms with E-state index in [9.17, 15) is 35.1 Å². The van der Waals surface area contributed by atoms with Gasteiger partial charge in [0.05, 0.1) is 23.7 Å². The summed E-state index contributed by atoms with van der Waals surface area (Å²) in [5, 5.41) is 61.7. The van der Waals surface area contributed by atoms with Gasteiger partial charge in [0.2, 0.25) is 0 Å². The van der Waals surface area contributed by atoms with Gasteiger partial charge in [0, 0.05) is 12.6 Å². The van der Waals surface area contributed by atoms with Gasteiger partial charge in [0.15, 0.2) is 6.29 Å². The Balaban J connectivity index is 1.67. The molecule has 2 aromatic rings. The largest absolute Gasteiger partial charge is 0.387 e. The second-order valence-corrected chi connectivity index (χ2v) is 26.6. The normalized spacial score (nSPS) is 28.7. The minimum atomic E-state index is -1.92. The summed E-state index contributed by atoms with van der Waals surface area (Å²) in [6.07, 6.45) is 6.88. The topological polar surface area (TPSA) is 160 Å². The van der Waals surface area contributed by atoms with Crippen LogP contribution in [0.5, 0.6) is 0 Å². The van der Waals surface area contributed by atoms with Gasteiger partial charge in [-0.3, -0.25) is 9.59 Å². The molecule has 3 rings (SSSR count). The third kappa shape index (κ3) is 16.5. The number of cyclic esters (lactones) is 1. The van der Waals surface area contributed by atoms with Gasteiger partial charge in [0.25, 0.3) is 0 Å². The Morgan fingerprint density at radius 2 is 1.37 bits per heavy atom. The molecule has 11 nitrogen and oxygen atoms in total. The molecule has 12 heteroatoms. The molecule has 1 fully saturated rings. The molecule has 1 saturated heterocycles. The van der Waals surface area contributed by atoms with E-state index in [2.05, 4.69) is 74.5 Å². The Hall–Kier alpha value is -2.47. The van der Waals surface area contributed by atoms with E-state index in [1.165, 1.54) is 49.4 Å². The fourth-order valence-corrected chi connectivity index (χ4v) is 16.7. The number of amides is 1. The van der Waals surface area contributed by atoms with Gasteiger partial charge in [0.1, 0.15) is 23.9 Å². The fourth-order valence-electron chi connectivity index (χ4n) is 11.5. The van der Waals surface area contributed by atoms with E-state index < -0.39 is 79.1 Å². The first kappa shape index (κ1) is 59.8. The summed E-state index contributed by atoms with van der Waals surface area (Å²) in [6.45, 7) is 19.1. The van der Waals surface area contributed by atoms with Crippen LogP contribution in [0.1, 0.15) is 166 Å². The van der Waals surface area contributed by atoms with E-state index in [-0.39, 0.29) is 44.1 Å². The van der Waals surface area contributed by atoms with E-state index in [1.807, 2.05) is 39.8 Å². The third-order valence-electron chi connectivity index (χ3n) is 15.4. The number of esters is 1. The van der Waals surface area contributed by atoms with E-state index in [0.717, 1.165) is 32.1 Å². The number of carbonyl (C=O) groups excluding carboxylic acids is 2. The molecule has 390 valence electrons. The fraction of sp³-hybridized carbons (Fsp3) is 0.750. The van der Waals surface area contributed by atoms with E-state index in [1.54, 1.807) is 32.6 Å². The molecule has 0 spiro atoms. The number of carbonyl (C=O) groups is 2. The Kier molecular flexibility index (Phi) is 25.1. The molecular weight excluding hydrogens is 876 g/mol. The number of aliphatic hydroxyl groups is 5. The molecule has 0 radical (unpaired) electrons. The summed E-state index contributed by atoms with van der Waals surface area (Å²) in [6, 6.07) is 21.2. The zero-order valence-electron chi connectivity index (χ0n) is 44.4. The molecule has 1 amide bonds. The average Bonchev–Trinajstić information content (AvgIpc) is 3.30. The Bertz CT molecular complexity index is 1690. The summed E-state index contributed by atoms with van der Waals surface area (Å²) < 4.78 is 12.2. The van der Waals surface area contributed by atoms with Crippen LogP contribution in [0.25, 0.3) is 0 Å². The van der Waals surface area contributed by atoms with Gasteiger partial charge in [-0.15, -0.1) is 0 Å². The maximum absolute atomic E-state index is 14.2. The van der Waals surface area contributed by atoms with Crippen LogP contribution in [-0.2, 0) is 19.1 Å². The van der Waals surface area contributed by atoms with Crippen molar-refractivity contribution in [2.75, 3.05) is 26.8 Å². The van der Waals surface area contributed by atoms with Crippen molar-refractivity contribution in [1.29, 1.82) is 0 Å². The van der Waals surface area contributed by atoms with Gasteiger partial charge < -0.3 is 44.8 Å². The van der Waals surface area contributed by atoms with Crippen molar-refractivity contribution in [2.24, 2.45) is 17.8 Å². The van der Waals surface area contributed by atoms with Crippen LogP contribution in [0, 0.1) is 17.8 Å². The van der Waals surface area contributed by atoms with Crippen LogP contribution in [0.4, 0.5) is 0 Å².